The molecule has 166 valence electrons. The highest BCUT2D eigenvalue weighted by Crippen LogP contribution is 2.41. The molecule has 31 heavy (non-hydrogen) atoms. The third kappa shape index (κ3) is 5.17. The lowest BCUT2D eigenvalue weighted by Gasteiger charge is -2.13. The molecule has 2 nitrogen and oxygen atoms in total. The molecule has 3 aromatic rings. The molecular formula is C21H16F7NOS. The van der Waals surface area contributed by atoms with E-state index in [-0.39, 0.29) is 23.0 Å². The predicted octanol–water partition coefficient (Wildman–Crippen LogP) is 7.16. The van der Waals surface area contributed by atoms with Crippen molar-refractivity contribution in [3.63, 3.8) is 0 Å². The Kier molecular flexibility index (Phi) is 6.59. The molecular weight excluding hydrogens is 447 g/mol. The molecule has 0 atom stereocenters. The van der Waals surface area contributed by atoms with Crippen LogP contribution in [0.15, 0.2) is 30.3 Å². The summed E-state index contributed by atoms with van der Waals surface area (Å²) in [5.74, 6) is -4.90. The molecule has 3 rings (SSSR count). The van der Waals surface area contributed by atoms with Crippen LogP contribution in [0.3, 0.4) is 0 Å². The molecule has 1 aromatic heterocycles. The van der Waals surface area contributed by atoms with Crippen LogP contribution in [0.1, 0.15) is 29.9 Å². The summed E-state index contributed by atoms with van der Waals surface area (Å²) in [5.41, 5.74) is -1.06. The van der Waals surface area contributed by atoms with Gasteiger partial charge in [-0.2, -0.15) is 17.5 Å². The second-order valence-electron chi connectivity index (χ2n) is 7.24. The SMILES string of the molecule is CC(C)Cc1cc(F)c(OCc2c(-c3ccc(F)cc3F)nsc2C(F)(F)F)c(F)c1. The second-order valence-corrected chi connectivity index (χ2v) is 8.01. The largest absolute Gasteiger partial charge is 0.483 e. The number of ether oxygens (including phenoxy) is 1. The number of alkyl halides is 3. The van der Waals surface area contributed by atoms with Crippen molar-refractivity contribution < 1.29 is 35.5 Å². The molecule has 0 saturated heterocycles. The standard InChI is InChI=1S/C21H16F7NOS/c1-10(2)5-11-6-16(24)19(17(25)7-11)30-9-14-18(29-31-20(14)21(26,27)28)13-4-3-12(22)8-15(13)23/h3-4,6-8,10H,5,9H2,1-2H3. The molecule has 0 aliphatic rings. The Morgan fingerprint density at radius 1 is 0.968 bits per heavy atom. The summed E-state index contributed by atoms with van der Waals surface area (Å²) in [5, 5.41) is 0. The lowest BCUT2D eigenvalue weighted by Crippen LogP contribution is -2.10. The van der Waals surface area contributed by atoms with Gasteiger partial charge < -0.3 is 4.74 Å². The number of halogens is 7. The van der Waals surface area contributed by atoms with Crippen LogP contribution in [0.25, 0.3) is 11.3 Å². The molecule has 1 heterocycles. The first-order valence-electron chi connectivity index (χ1n) is 9.09. The van der Waals surface area contributed by atoms with E-state index in [0.29, 0.717) is 18.1 Å². The van der Waals surface area contributed by atoms with Crippen LogP contribution in [0.2, 0.25) is 0 Å². The maximum absolute atomic E-state index is 14.4. The maximum atomic E-state index is 14.4. The number of aromatic nitrogens is 1. The summed E-state index contributed by atoms with van der Waals surface area (Å²) >= 11 is 0.0407. The van der Waals surface area contributed by atoms with Crippen LogP contribution in [-0.2, 0) is 19.2 Å². The first kappa shape index (κ1) is 23.1. The van der Waals surface area contributed by atoms with E-state index >= 15 is 0 Å². The van der Waals surface area contributed by atoms with Crippen molar-refractivity contribution in [3.05, 3.63) is 69.6 Å². The molecule has 0 amide bonds. The zero-order chi connectivity index (χ0) is 22.9. The van der Waals surface area contributed by atoms with Crippen LogP contribution < -0.4 is 4.74 Å². The Labute approximate surface area is 177 Å². The maximum Gasteiger partial charge on any atom is 0.427 e. The van der Waals surface area contributed by atoms with Crippen molar-refractivity contribution in [2.45, 2.75) is 33.1 Å². The lowest BCUT2D eigenvalue weighted by atomic mass is 10.0. The molecule has 0 aliphatic heterocycles. The molecule has 0 spiro atoms. The van der Waals surface area contributed by atoms with Crippen molar-refractivity contribution in [2.24, 2.45) is 5.92 Å². The van der Waals surface area contributed by atoms with E-state index in [9.17, 15) is 30.7 Å². The fourth-order valence-electron chi connectivity index (χ4n) is 3.04. The van der Waals surface area contributed by atoms with E-state index in [1.807, 2.05) is 13.8 Å². The molecule has 0 aliphatic carbocycles. The minimum absolute atomic E-state index is 0.0407. The molecule has 0 radical (unpaired) electrons. The normalized spacial score (nSPS) is 11.9. The van der Waals surface area contributed by atoms with Crippen LogP contribution in [0.4, 0.5) is 30.7 Å². The molecule has 0 N–H and O–H groups in total. The highest BCUT2D eigenvalue weighted by Gasteiger charge is 2.38. The summed E-state index contributed by atoms with van der Waals surface area (Å²) in [4.78, 5) is -1.21. The summed E-state index contributed by atoms with van der Waals surface area (Å²) in [6, 6.07) is 4.40. The van der Waals surface area contributed by atoms with Gasteiger partial charge in [0.1, 0.15) is 23.1 Å². The number of nitrogens with zero attached hydrogens (tertiary/aromatic N) is 1. The minimum Gasteiger partial charge on any atom is -0.483 e. The predicted molar refractivity (Wildman–Crippen MR) is 102 cm³/mol. The summed E-state index contributed by atoms with van der Waals surface area (Å²) < 4.78 is 105. The van der Waals surface area contributed by atoms with Gasteiger partial charge in [0.25, 0.3) is 0 Å². The monoisotopic (exact) mass is 463 g/mol. The molecule has 10 heteroatoms. The van der Waals surface area contributed by atoms with E-state index in [4.69, 9.17) is 4.74 Å². The van der Waals surface area contributed by atoms with Crippen molar-refractivity contribution >= 4 is 11.5 Å². The van der Waals surface area contributed by atoms with Gasteiger partial charge >= 0.3 is 6.18 Å². The quantitative estimate of drug-likeness (QED) is 0.362. The molecule has 2 aromatic carbocycles. The smallest absolute Gasteiger partial charge is 0.427 e. The third-order valence-corrected chi connectivity index (χ3v) is 5.23. The van der Waals surface area contributed by atoms with Crippen molar-refractivity contribution in [2.75, 3.05) is 0 Å². The van der Waals surface area contributed by atoms with Crippen LogP contribution >= 0.6 is 11.5 Å². The lowest BCUT2D eigenvalue weighted by molar-refractivity contribution is -0.135. The van der Waals surface area contributed by atoms with Crippen LogP contribution in [-0.4, -0.2) is 4.37 Å². The van der Waals surface area contributed by atoms with Gasteiger partial charge in [-0.1, -0.05) is 13.8 Å². The van der Waals surface area contributed by atoms with Crippen LogP contribution in [0, 0.1) is 29.2 Å². The molecule has 0 fully saturated rings. The van der Waals surface area contributed by atoms with E-state index in [1.54, 1.807) is 0 Å². The molecule has 0 unspecified atom stereocenters. The number of rotatable bonds is 6. The van der Waals surface area contributed by atoms with Crippen molar-refractivity contribution in [3.8, 4) is 17.0 Å². The zero-order valence-electron chi connectivity index (χ0n) is 16.3. The van der Waals surface area contributed by atoms with Gasteiger partial charge in [0, 0.05) is 17.2 Å². The fourth-order valence-corrected chi connectivity index (χ4v) is 3.80. The summed E-state index contributed by atoms with van der Waals surface area (Å²) in [7, 11) is 0. The Bertz CT molecular complexity index is 1070. The Balaban J connectivity index is 1.99. The Morgan fingerprint density at radius 2 is 1.61 bits per heavy atom. The number of hydrogen-bond acceptors (Lipinski definition) is 3. The van der Waals surface area contributed by atoms with E-state index in [2.05, 4.69) is 4.37 Å². The summed E-state index contributed by atoms with van der Waals surface area (Å²) in [6.45, 7) is 2.80. The zero-order valence-corrected chi connectivity index (χ0v) is 17.1. The number of hydrogen-bond donors (Lipinski definition) is 0. The topological polar surface area (TPSA) is 22.1 Å². The van der Waals surface area contributed by atoms with Gasteiger partial charge in [-0.25, -0.2) is 17.6 Å². The van der Waals surface area contributed by atoms with E-state index < -0.39 is 57.9 Å². The third-order valence-electron chi connectivity index (χ3n) is 4.29. The van der Waals surface area contributed by atoms with Crippen molar-refractivity contribution in [1.29, 1.82) is 0 Å². The Hall–Kier alpha value is -2.62. The molecule has 0 bridgehead atoms. The van der Waals surface area contributed by atoms with Crippen LogP contribution in [0.5, 0.6) is 5.75 Å². The van der Waals surface area contributed by atoms with Gasteiger partial charge in [-0.15, -0.1) is 0 Å². The molecule has 0 saturated carbocycles. The van der Waals surface area contributed by atoms with Gasteiger partial charge in [-0.05, 0) is 53.7 Å². The van der Waals surface area contributed by atoms with E-state index in [0.717, 1.165) is 24.3 Å². The fraction of sp³-hybridized carbons (Fsp3) is 0.286. The van der Waals surface area contributed by atoms with E-state index in [1.165, 1.54) is 0 Å². The van der Waals surface area contributed by atoms with Gasteiger partial charge in [0.15, 0.2) is 17.4 Å². The Morgan fingerprint density at radius 3 is 2.16 bits per heavy atom. The van der Waals surface area contributed by atoms with Gasteiger partial charge in [0.2, 0.25) is 0 Å². The summed E-state index contributed by atoms with van der Waals surface area (Å²) in [6.07, 6.45) is -4.46. The first-order chi connectivity index (χ1) is 14.5. The van der Waals surface area contributed by atoms with Crippen molar-refractivity contribution in [1.82, 2.24) is 4.37 Å². The highest BCUT2D eigenvalue weighted by molar-refractivity contribution is 7.06. The average Bonchev–Trinajstić information content (AvgIpc) is 3.04. The second kappa shape index (κ2) is 8.86. The van der Waals surface area contributed by atoms with Gasteiger partial charge in [0.05, 0.1) is 5.69 Å². The minimum atomic E-state index is -4.86. The average molecular weight is 463 g/mol. The van der Waals surface area contributed by atoms with Gasteiger partial charge in [-0.3, -0.25) is 0 Å². The number of benzene rings is 2. The first-order valence-corrected chi connectivity index (χ1v) is 9.86. The highest BCUT2D eigenvalue weighted by atomic mass is 32.1.